The molecule has 1 aromatic heterocycles. The third-order valence-electron chi connectivity index (χ3n) is 3.59. The Balaban J connectivity index is 1.83. The highest BCUT2D eigenvalue weighted by molar-refractivity contribution is 5.94. The molecule has 2 N–H and O–H groups in total. The summed E-state index contributed by atoms with van der Waals surface area (Å²) in [6.07, 6.45) is 0.944. The van der Waals surface area contributed by atoms with E-state index in [4.69, 9.17) is 0 Å². The number of amides is 1. The van der Waals surface area contributed by atoms with Crippen molar-refractivity contribution in [3.8, 4) is 0 Å². The highest BCUT2D eigenvalue weighted by atomic mass is 16.2. The van der Waals surface area contributed by atoms with Crippen LogP contribution in [0.2, 0.25) is 0 Å². The van der Waals surface area contributed by atoms with Crippen LogP contribution in [0.5, 0.6) is 0 Å². The van der Waals surface area contributed by atoms with Crippen molar-refractivity contribution in [3.63, 3.8) is 0 Å². The standard InChI is InChI=1S/C16H18N4O/c1-10-9-11(2)19-16(18-10)20-15(21)14-13-6-4-3-5-12(13)7-8-17-14/h3-6,9,14,17H,7-8H2,1-2H3,(H,18,19,20,21). The lowest BCUT2D eigenvalue weighted by Crippen LogP contribution is -2.38. The van der Waals surface area contributed by atoms with Gasteiger partial charge in [0, 0.05) is 17.9 Å². The average molecular weight is 282 g/mol. The molecule has 0 saturated carbocycles. The van der Waals surface area contributed by atoms with E-state index in [1.807, 2.05) is 38.1 Å². The molecule has 0 spiro atoms. The first-order chi connectivity index (χ1) is 10.1. The number of aromatic nitrogens is 2. The Bertz CT molecular complexity index is 663. The van der Waals surface area contributed by atoms with Crippen molar-refractivity contribution in [3.05, 3.63) is 52.8 Å². The van der Waals surface area contributed by atoms with Crippen LogP contribution in [-0.4, -0.2) is 22.4 Å². The molecule has 5 nitrogen and oxygen atoms in total. The van der Waals surface area contributed by atoms with E-state index in [0.717, 1.165) is 29.9 Å². The second-order valence-corrected chi connectivity index (χ2v) is 5.30. The number of anilines is 1. The summed E-state index contributed by atoms with van der Waals surface area (Å²) in [5.41, 5.74) is 3.94. The summed E-state index contributed by atoms with van der Waals surface area (Å²) >= 11 is 0. The summed E-state index contributed by atoms with van der Waals surface area (Å²) in [5.74, 6) is 0.245. The lowest BCUT2D eigenvalue weighted by atomic mass is 9.94. The zero-order valence-corrected chi connectivity index (χ0v) is 12.2. The zero-order chi connectivity index (χ0) is 14.8. The molecule has 1 amide bonds. The summed E-state index contributed by atoms with van der Waals surface area (Å²) in [4.78, 5) is 21.0. The largest absolute Gasteiger partial charge is 0.302 e. The number of rotatable bonds is 2. The minimum Gasteiger partial charge on any atom is -0.302 e. The first-order valence-electron chi connectivity index (χ1n) is 7.08. The molecule has 1 unspecified atom stereocenters. The number of nitrogens with one attached hydrogen (secondary N) is 2. The lowest BCUT2D eigenvalue weighted by molar-refractivity contribution is -0.118. The SMILES string of the molecule is Cc1cc(C)nc(NC(=O)C2NCCc3ccccc32)n1. The van der Waals surface area contributed by atoms with Crippen molar-refractivity contribution < 1.29 is 4.79 Å². The first kappa shape index (κ1) is 13.7. The molecule has 0 saturated heterocycles. The normalized spacial score (nSPS) is 17.1. The maximum Gasteiger partial charge on any atom is 0.248 e. The molecule has 0 fully saturated rings. The molecule has 108 valence electrons. The molecule has 1 aromatic carbocycles. The van der Waals surface area contributed by atoms with E-state index in [1.165, 1.54) is 5.56 Å². The molecular weight excluding hydrogens is 264 g/mol. The van der Waals surface area contributed by atoms with Gasteiger partial charge in [0.15, 0.2) is 0 Å². The molecule has 3 rings (SSSR count). The molecule has 0 bridgehead atoms. The third-order valence-corrected chi connectivity index (χ3v) is 3.59. The summed E-state index contributed by atoms with van der Waals surface area (Å²) < 4.78 is 0. The van der Waals surface area contributed by atoms with Gasteiger partial charge in [0.05, 0.1) is 0 Å². The number of hydrogen-bond donors (Lipinski definition) is 2. The van der Waals surface area contributed by atoms with Gasteiger partial charge in [0.2, 0.25) is 11.9 Å². The van der Waals surface area contributed by atoms with Crippen molar-refractivity contribution in [2.24, 2.45) is 0 Å². The molecule has 2 heterocycles. The van der Waals surface area contributed by atoms with Gasteiger partial charge in [-0.1, -0.05) is 24.3 Å². The molecule has 5 heteroatoms. The van der Waals surface area contributed by atoms with Crippen LogP contribution in [-0.2, 0) is 11.2 Å². The Morgan fingerprint density at radius 3 is 2.71 bits per heavy atom. The monoisotopic (exact) mass is 282 g/mol. The van der Waals surface area contributed by atoms with Crippen LogP contribution in [0.3, 0.4) is 0 Å². The molecular formula is C16H18N4O. The van der Waals surface area contributed by atoms with Crippen molar-refractivity contribution in [2.75, 3.05) is 11.9 Å². The van der Waals surface area contributed by atoms with E-state index in [9.17, 15) is 4.79 Å². The van der Waals surface area contributed by atoms with E-state index in [-0.39, 0.29) is 11.9 Å². The quantitative estimate of drug-likeness (QED) is 0.883. The highest BCUT2D eigenvalue weighted by Crippen LogP contribution is 2.23. The molecule has 2 aromatic rings. The summed E-state index contributed by atoms with van der Waals surface area (Å²) in [6.45, 7) is 4.57. The van der Waals surface area contributed by atoms with Gasteiger partial charge in [-0.05, 0) is 37.5 Å². The minimum atomic E-state index is -0.348. The summed E-state index contributed by atoms with van der Waals surface area (Å²) in [5, 5.41) is 6.07. The van der Waals surface area contributed by atoms with Crippen LogP contribution in [0.15, 0.2) is 30.3 Å². The fourth-order valence-electron chi connectivity index (χ4n) is 2.70. The van der Waals surface area contributed by atoms with Gasteiger partial charge >= 0.3 is 0 Å². The van der Waals surface area contributed by atoms with Gasteiger partial charge in [-0.25, -0.2) is 9.97 Å². The number of hydrogen-bond acceptors (Lipinski definition) is 4. The highest BCUT2D eigenvalue weighted by Gasteiger charge is 2.26. The van der Waals surface area contributed by atoms with Crippen LogP contribution < -0.4 is 10.6 Å². The Morgan fingerprint density at radius 1 is 1.24 bits per heavy atom. The van der Waals surface area contributed by atoms with Crippen molar-refractivity contribution >= 4 is 11.9 Å². The second-order valence-electron chi connectivity index (χ2n) is 5.30. The maximum absolute atomic E-state index is 12.5. The molecule has 1 aliphatic heterocycles. The number of fused-ring (bicyclic) bond motifs is 1. The molecule has 1 atom stereocenters. The Morgan fingerprint density at radius 2 is 1.95 bits per heavy atom. The van der Waals surface area contributed by atoms with E-state index in [0.29, 0.717) is 5.95 Å². The topological polar surface area (TPSA) is 66.9 Å². The van der Waals surface area contributed by atoms with Crippen LogP contribution in [0.4, 0.5) is 5.95 Å². The fraction of sp³-hybridized carbons (Fsp3) is 0.312. The Labute approximate surface area is 123 Å². The Kier molecular flexibility index (Phi) is 3.66. The van der Waals surface area contributed by atoms with Crippen LogP contribution in [0, 0.1) is 13.8 Å². The van der Waals surface area contributed by atoms with Crippen molar-refractivity contribution in [1.82, 2.24) is 15.3 Å². The average Bonchev–Trinajstić information content (AvgIpc) is 2.45. The summed E-state index contributed by atoms with van der Waals surface area (Å²) in [7, 11) is 0. The van der Waals surface area contributed by atoms with E-state index in [2.05, 4.69) is 26.7 Å². The predicted octanol–water partition coefficient (Wildman–Crippen LogP) is 1.92. The second kappa shape index (κ2) is 5.61. The van der Waals surface area contributed by atoms with E-state index >= 15 is 0 Å². The molecule has 0 radical (unpaired) electrons. The predicted molar refractivity (Wildman–Crippen MR) is 81.0 cm³/mol. The number of nitrogens with zero attached hydrogens (tertiary/aromatic N) is 2. The van der Waals surface area contributed by atoms with Gasteiger partial charge < -0.3 is 5.32 Å². The number of carbonyl (C=O) groups excluding carboxylic acids is 1. The van der Waals surface area contributed by atoms with Gasteiger partial charge in [-0.15, -0.1) is 0 Å². The molecule has 21 heavy (non-hydrogen) atoms. The van der Waals surface area contributed by atoms with Crippen LogP contribution >= 0.6 is 0 Å². The Hall–Kier alpha value is -2.27. The number of carbonyl (C=O) groups is 1. The maximum atomic E-state index is 12.5. The van der Waals surface area contributed by atoms with Crippen molar-refractivity contribution in [2.45, 2.75) is 26.3 Å². The van der Waals surface area contributed by atoms with E-state index in [1.54, 1.807) is 0 Å². The first-order valence-corrected chi connectivity index (χ1v) is 7.08. The zero-order valence-electron chi connectivity index (χ0n) is 12.2. The van der Waals surface area contributed by atoms with Crippen LogP contribution in [0.25, 0.3) is 0 Å². The van der Waals surface area contributed by atoms with Gasteiger partial charge in [0.1, 0.15) is 6.04 Å². The number of benzene rings is 1. The van der Waals surface area contributed by atoms with Gasteiger partial charge in [-0.2, -0.15) is 0 Å². The van der Waals surface area contributed by atoms with Crippen LogP contribution in [0.1, 0.15) is 28.6 Å². The van der Waals surface area contributed by atoms with Gasteiger partial charge in [0.25, 0.3) is 0 Å². The third kappa shape index (κ3) is 2.92. The lowest BCUT2D eigenvalue weighted by Gasteiger charge is -2.25. The molecule has 1 aliphatic rings. The fourth-order valence-corrected chi connectivity index (χ4v) is 2.70. The van der Waals surface area contributed by atoms with Gasteiger partial charge in [-0.3, -0.25) is 10.1 Å². The van der Waals surface area contributed by atoms with Crippen molar-refractivity contribution in [1.29, 1.82) is 0 Å². The van der Waals surface area contributed by atoms with E-state index < -0.39 is 0 Å². The minimum absolute atomic E-state index is 0.118. The molecule has 0 aliphatic carbocycles. The smallest absolute Gasteiger partial charge is 0.248 e. The number of aryl methyl sites for hydroxylation is 2. The summed E-state index contributed by atoms with van der Waals surface area (Å²) in [6, 6.07) is 9.56.